The Kier molecular flexibility index (Phi) is 5.38. The van der Waals surface area contributed by atoms with Gasteiger partial charge >= 0.3 is 5.97 Å². The second-order valence-electron chi connectivity index (χ2n) is 7.13. The van der Waals surface area contributed by atoms with Gasteiger partial charge in [-0.25, -0.2) is 0 Å². The van der Waals surface area contributed by atoms with E-state index >= 15 is 0 Å². The van der Waals surface area contributed by atoms with Crippen LogP contribution in [0.15, 0.2) is 30.3 Å². The van der Waals surface area contributed by atoms with E-state index in [1.165, 1.54) is 0 Å². The van der Waals surface area contributed by atoms with Crippen LogP contribution in [0.25, 0.3) is 0 Å². The van der Waals surface area contributed by atoms with E-state index < -0.39 is 0 Å². The Bertz CT molecular complexity index is 883. The maximum absolute atomic E-state index is 12.4. The minimum absolute atomic E-state index is 0.0516. The van der Waals surface area contributed by atoms with Crippen LogP contribution in [0.3, 0.4) is 0 Å². The predicted octanol–water partition coefficient (Wildman–Crippen LogP) is 3.02. The van der Waals surface area contributed by atoms with E-state index in [9.17, 15) is 4.79 Å². The highest BCUT2D eigenvalue weighted by Gasteiger charge is 2.37. The zero-order chi connectivity index (χ0) is 20.4. The Hall–Kier alpha value is -3.09. The van der Waals surface area contributed by atoms with Crippen molar-refractivity contribution in [3.05, 3.63) is 41.5 Å². The number of hydrogen-bond donors (Lipinski definition) is 0. The summed E-state index contributed by atoms with van der Waals surface area (Å²) in [6.45, 7) is 0.624. The molecule has 154 valence electrons. The number of carbonyl (C=O) groups is 1. The highest BCUT2D eigenvalue weighted by molar-refractivity contribution is 5.75. The van der Waals surface area contributed by atoms with Crippen molar-refractivity contribution in [2.24, 2.45) is 11.8 Å². The van der Waals surface area contributed by atoms with Crippen LogP contribution < -0.4 is 23.7 Å². The quantitative estimate of drug-likeness (QED) is 0.662. The molecule has 2 heterocycles. The molecule has 7 nitrogen and oxygen atoms in total. The molecule has 2 aliphatic rings. The second-order valence-corrected chi connectivity index (χ2v) is 7.13. The first kappa shape index (κ1) is 19.2. The molecule has 0 spiro atoms. The van der Waals surface area contributed by atoms with Crippen molar-refractivity contribution in [1.82, 2.24) is 0 Å². The molecule has 0 saturated carbocycles. The summed E-state index contributed by atoms with van der Waals surface area (Å²) in [4.78, 5) is 12.4. The van der Waals surface area contributed by atoms with Crippen LogP contribution in [0, 0.1) is 11.8 Å². The SMILES string of the molecule is COc1cc(C[C@H]2COC(=O)[C@@H]2Cc2ccc3c(c2)OCO3)cc(OC)c1OC. The van der Waals surface area contributed by atoms with Gasteiger partial charge in [-0.1, -0.05) is 6.07 Å². The van der Waals surface area contributed by atoms with Gasteiger partial charge < -0.3 is 28.4 Å². The average molecular weight is 400 g/mol. The molecule has 2 aliphatic heterocycles. The van der Waals surface area contributed by atoms with Gasteiger partial charge in [0, 0.05) is 5.92 Å². The zero-order valence-corrected chi connectivity index (χ0v) is 16.7. The van der Waals surface area contributed by atoms with E-state index in [4.69, 9.17) is 28.4 Å². The Labute approximate surface area is 169 Å². The standard InChI is InChI=1S/C22H24O7/c1-24-19-9-14(10-20(25-2)21(19)26-3)6-15-11-27-22(23)16(15)7-13-4-5-17-18(8-13)29-12-28-17/h4-5,8-10,15-16H,6-7,11-12H2,1-3H3/t15-,16+/m0/s1. The first-order chi connectivity index (χ1) is 14.1. The van der Waals surface area contributed by atoms with Crippen molar-refractivity contribution in [3.63, 3.8) is 0 Å². The van der Waals surface area contributed by atoms with Gasteiger partial charge in [-0.2, -0.15) is 0 Å². The summed E-state index contributed by atoms with van der Waals surface area (Å²) in [5.41, 5.74) is 2.02. The van der Waals surface area contributed by atoms with Crippen LogP contribution in [-0.4, -0.2) is 40.7 Å². The second kappa shape index (κ2) is 8.11. The Balaban J connectivity index is 1.54. The highest BCUT2D eigenvalue weighted by atomic mass is 16.7. The van der Waals surface area contributed by atoms with Crippen molar-refractivity contribution in [2.45, 2.75) is 12.8 Å². The van der Waals surface area contributed by atoms with Crippen LogP contribution in [0.1, 0.15) is 11.1 Å². The summed E-state index contributed by atoms with van der Waals surface area (Å²) >= 11 is 0. The minimum Gasteiger partial charge on any atom is -0.493 e. The fourth-order valence-corrected chi connectivity index (χ4v) is 3.93. The fourth-order valence-electron chi connectivity index (χ4n) is 3.93. The van der Waals surface area contributed by atoms with Gasteiger partial charge in [-0.05, 0) is 48.2 Å². The monoisotopic (exact) mass is 400 g/mol. The number of rotatable bonds is 7. The molecule has 0 aliphatic carbocycles. The maximum Gasteiger partial charge on any atom is 0.309 e. The first-order valence-corrected chi connectivity index (χ1v) is 9.47. The van der Waals surface area contributed by atoms with Crippen molar-refractivity contribution in [2.75, 3.05) is 34.7 Å². The molecule has 7 heteroatoms. The smallest absolute Gasteiger partial charge is 0.309 e. The Morgan fingerprint density at radius 2 is 1.59 bits per heavy atom. The molecule has 0 N–H and O–H groups in total. The molecule has 0 aromatic heterocycles. The predicted molar refractivity (Wildman–Crippen MR) is 104 cm³/mol. The van der Waals surface area contributed by atoms with E-state index in [0.717, 1.165) is 22.6 Å². The van der Waals surface area contributed by atoms with E-state index in [1.807, 2.05) is 30.3 Å². The molecule has 1 fully saturated rings. The summed E-state index contributed by atoms with van der Waals surface area (Å²) in [6.07, 6.45) is 1.25. The topological polar surface area (TPSA) is 72.5 Å². The molecule has 29 heavy (non-hydrogen) atoms. The minimum atomic E-state index is -0.227. The van der Waals surface area contributed by atoms with Crippen molar-refractivity contribution in [3.8, 4) is 28.7 Å². The van der Waals surface area contributed by atoms with Gasteiger partial charge in [-0.3, -0.25) is 4.79 Å². The largest absolute Gasteiger partial charge is 0.493 e. The van der Waals surface area contributed by atoms with E-state index in [-0.39, 0.29) is 24.6 Å². The van der Waals surface area contributed by atoms with Crippen LogP contribution in [0.2, 0.25) is 0 Å². The molecule has 0 bridgehead atoms. The number of methoxy groups -OCH3 is 3. The number of ether oxygens (including phenoxy) is 6. The molecule has 0 radical (unpaired) electrons. The highest BCUT2D eigenvalue weighted by Crippen LogP contribution is 2.40. The Morgan fingerprint density at radius 3 is 2.28 bits per heavy atom. The number of esters is 1. The third kappa shape index (κ3) is 3.77. The average Bonchev–Trinajstić information content (AvgIpc) is 3.34. The van der Waals surface area contributed by atoms with Gasteiger partial charge in [0.1, 0.15) is 0 Å². The molecule has 2 aromatic rings. The van der Waals surface area contributed by atoms with Gasteiger partial charge in [0.15, 0.2) is 23.0 Å². The number of carbonyl (C=O) groups excluding carboxylic acids is 1. The van der Waals surface area contributed by atoms with Crippen LogP contribution in [0.4, 0.5) is 0 Å². The van der Waals surface area contributed by atoms with E-state index in [2.05, 4.69) is 0 Å². The third-order valence-electron chi connectivity index (χ3n) is 5.43. The molecule has 4 rings (SSSR count). The van der Waals surface area contributed by atoms with Crippen LogP contribution in [0.5, 0.6) is 28.7 Å². The fraction of sp³-hybridized carbons (Fsp3) is 0.409. The first-order valence-electron chi connectivity index (χ1n) is 9.47. The summed E-state index contributed by atoms with van der Waals surface area (Å²) in [5.74, 6) is 2.85. The van der Waals surface area contributed by atoms with Crippen LogP contribution >= 0.6 is 0 Å². The molecule has 0 unspecified atom stereocenters. The van der Waals surface area contributed by atoms with E-state index in [0.29, 0.717) is 36.7 Å². The zero-order valence-electron chi connectivity index (χ0n) is 16.7. The molecular formula is C22H24O7. The lowest BCUT2D eigenvalue weighted by Crippen LogP contribution is -2.20. The molecule has 0 amide bonds. The normalized spacial score (nSPS) is 19.8. The summed E-state index contributed by atoms with van der Waals surface area (Å²) in [7, 11) is 4.75. The lowest BCUT2D eigenvalue weighted by molar-refractivity contribution is -0.141. The van der Waals surface area contributed by atoms with Gasteiger partial charge in [0.05, 0.1) is 33.9 Å². The summed E-state index contributed by atoms with van der Waals surface area (Å²) in [5, 5.41) is 0. The lowest BCUT2D eigenvalue weighted by Gasteiger charge is -2.18. The third-order valence-corrected chi connectivity index (χ3v) is 5.43. The van der Waals surface area contributed by atoms with Gasteiger partial charge in [-0.15, -0.1) is 0 Å². The van der Waals surface area contributed by atoms with E-state index in [1.54, 1.807) is 21.3 Å². The number of fused-ring (bicyclic) bond motifs is 1. The van der Waals surface area contributed by atoms with Crippen LogP contribution in [-0.2, 0) is 22.4 Å². The summed E-state index contributed by atoms with van der Waals surface area (Å²) < 4.78 is 32.5. The van der Waals surface area contributed by atoms with Crippen molar-refractivity contribution >= 4 is 5.97 Å². The van der Waals surface area contributed by atoms with Gasteiger partial charge in [0.2, 0.25) is 12.5 Å². The Morgan fingerprint density at radius 1 is 0.862 bits per heavy atom. The lowest BCUT2D eigenvalue weighted by atomic mass is 9.85. The van der Waals surface area contributed by atoms with Gasteiger partial charge in [0.25, 0.3) is 0 Å². The molecule has 1 saturated heterocycles. The number of cyclic esters (lactones) is 1. The number of benzene rings is 2. The molecule has 2 aromatic carbocycles. The molecule has 2 atom stereocenters. The molecular weight excluding hydrogens is 376 g/mol. The van der Waals surface area contributed by atoms with Crippen molar-refractivity contribution < 1.29 is 33.2 Å². The van der Waals surface area contributed by atoms with Crippen molar-refractivity contribution in [1.29, 1.82) is 0 Å². The number of hydrogen-bond acceptors (Lipinski definition) is 7. The maximum atomic E-state index is 12.4. The summed E-state index contributed by atoms with van der Waals surface area (Å²) in [6, 6.07) is 9.62.